The molecular formula is C21H23N5O. The number of hydrogen-bond acceptors (Lipinski definition) is 4. The van der Waals surface area contributed by atoms with Gasteiger partial charge in [0.25, 0.3) is 0 Å². The predicted molar refractivity (Wildman–Crippen MR) is 104 cm³/mol. The second-order valence-corrected chi connectivity index (χ2v) is 7.04. The van der Waals surface area contributed by atoms with Gasteiger partial charge in [0.1, 0.15) is 0 Å². The molecule has 0 bridgehead atoms. The zero-order chi connectivity index (χ0) is 18.6. The molecule has 2 atom stereocenters. The average Bonchev–Trinajstić information content (AvgIpc) is 3.33. The molecule has 6 heteroatoms. The Bertz CT molecular complexity index is 904. The SMILES string of the molecule is Cn1cc([C@H]2CNC[C@@H]2C(=O)Nc2ccc(Cc3ccncc3)cc2)cn1. The van der Waals surface area contributed by atoms with E-state index in [1.807, 2.05) is 43.7 Å². The Morgan fingerprint density at radius 1 is 1.15 bits per heavy atom. The van der Waals surface area contributed by atoms with Crippen molar-refractivity contribution in [3.05, 3.63) is 77.9 Å². The third-order valence-electron chi connectivity index (χ3n) is 5.08. The van der Waals surface area contributed by atoms with Crippen LogP contribution in [0.3, 0.4) is 0 Å². The molecule has 0 spiro atoms. The van der Waals surface area contributed by atoms with Crippen molar-refractivity contribution in [3.8, 4) is 0 Å². The number of carbonyl (C=O) groups is 1. The Hall–Kier alpha value is -2.99. The van der Waals surface area contributed by atoms with Gasteiger partial charge in [0.05, 0.1) is 12.1 Å². The summed E-state index contributed by atoms with van der Waals surface area (Å²) in [4.78, 5) is 16.8. The third-order valence-corrected chi connectivity index (χ3v) is 5.08. The molecule has 1 fully saturated rings. The number of pyridine rings is 1. The first-order chi connectivity index (χ1) is 13.2. The molecule has 1 aromatic carbocycles. The van der Waals surface area contributed by atoms with Crippen molar-refractivity contribution < 1.29 is 4.79 Å². The molecule has 1 aliphatic heterocycles. The van der Waals surface area contributed by atoms with E-state index in [0.717, 1.165) is 24.2 Å². The normalized spacial score (nSPS) is 19.1. The number of rotatable bonds is 5. The predicted octanol–water partition coefficient (Wildman–Crippen LogP) is 2.35. The van der Waals surface area contributed by atoms with Gasteiger partial charge in [-0.1, -0.05) is 12.1 Å². The van der Waals surface area contributed by atoms with E-state index in [1.165, 1.54) is 11.1 Å². The van der Waals surface area contributed by atoms with E-state index in [9.17, 15) is 4.79 Å². The number of hydrogen-bond donors (Lipinski definition) is 2. The van der Waals surface area contributed by atoms with Crippen molar-refractivity contribution in [3.63, 3.8) is 0 Å². The number of anilines is 1. The van der Waals surface area contributed by atoms with Gasteiger partial charge in [0, 0.05) is 50.3 Å². The molecule has 1 saturated heterocycles. The zero-order valence-corrected chi connectivity index (χ0v) is 15.3. The maximum Gasteiger partial charge on any atom is 0.229 e. The summed E-state index contributed by atoms with van der Waals surface area (Å²) in [6.07, 6.45) is 8.31. The van der Waals surface area contributed by atoms with Crippen LogP contribution < -0.4 is 10.6 Å². The Kier molecular flexibility index (Phi) is 4.98. The van der Waals surface area contributed by atoms with E-state index in [2.05, 4.69) is 32.8 Å². The van der Waals surface area contributed by atoms with Crippen molar-refractivity contribution in [1.82, 2.24) is 20.1 Å². The summed E-state index contributed by atoms with van der Waals surface area (Å²) in [5, 5.41) is 10.6. The Morgan fingerprint density at radius 2 is 1.89 bits per heavy atom. The number of aromatic nitrogens is 3. The Morgan fingerprint density at radius 3 is 2.59 bits per heavy atom. The van der Waals surface area contributed by atoms with Crippen LogP contribution in [-0.2, 0) is 18.3 Å². The number of amides is 1. The molecule has 27 heavy (non-hydrogen) atoms. The molecule has 4 rings (SSSR count). The number of nitrogens with zero attached hydrogens (tertiary/aromatic N) is 3. The van der Waals surface area contributed by atoms with Crippen LogP contribution >= 0.6 is 0 Å². The first-order valence-electron chi connectivity index (χ1n) is 9.17. The van der Waals surface area contributed by atoms with Crippen LogP contribution in [0.2, 0.25) is 0 Å². The molecule has 1 amide bonds. The lowest BCUT2D eigenvalue weighted by Gasteiger charge is -2.17. The maximum atomic E-state index is 12.8. The summed E-state index contributed by atoms with van der Waals surface area (Å²) in [6.45, 7) is 1.49. The first kappa shape index (κ1) is 17.4. The van der Waals surface area contributed by atoms with E-state index in [-0.39, 0.29) is 17.7 Å². The fourth-order valence-electron chi connectivity index (χ4n) is 3.61. The van der Waals surface area contributed by atoms with Crippen molar-refractivity contribution in [2.24, 2.45) is 13.0 Å². The Labute approximate surface area is 158 Å². The van der Waals surface area contributed by atoms with Gasteiger partial charge in [-0.15, -0.1) is 0 Å². The minimum absolute atomic E-state index is 0.0516. The monoisotopic (exact) mass is 361 g/mol. The van der Waals surface area contributed by atoms with Crippen molar-refractivity contribution in [2.45, 2.75) is 12.3 Å². The van der Waals surface area contributed by atoms with Crippen LogP contribution in [-0.4, -0.2) is 33.8 Å². The summed E-state index contributed by atoms with van der Waals surface area (Å²) < 4.78 is 1.78. The highest BCUT2D eigenvalue weighted by molar-refractivity contribution is 5.93. The summed E-state index contributed by atoms with van der Waals surface area (Å²) in [7, 11) is 1.90. The van der Waals surface area contributed by atoms with E-state index in [1.54, 1.807) is 17.1 Å². The molecular weight excluding hydrogens is 338 g/mol. The lowest BCUT2D eigenvalue weighted by Crippen LogP contribution is -2.28. The quantitative estimate of drug-likeness (QED) is 0.732. The smallest absolute Gasteiger partial charge is 0.229 e. The second-order valence-electron chi connectivity index (χ2n) is 7.04. The van der Waals surface area contributed by atoms with Gasteiger partial charge >= 0.3 is 0 Å². The number of carbonyl (C=O) groups excluding carboxylic acids is 1. The van der Waals surface area contributed by atoms with Crippen molar-refractivity contribution >= 4 is 11.6 Å². The van der Waals surface area contributed by atoms with Gasteiger partial charge in [-0.3, -0.25) is 14.5 Å². The highest BCUT2D eigenvalue weighted by Crippen LogP contribution is 2.29. The van der Waals surface area contributed by atoms with Crippen LogP contribution in [0.5, 0.6) is 0 Å². The second kappa shape index (κ2) is 7.72. The molecule has 2 N–H and O–H groups in total. The standard InChI is InChI=1S/C21H23N5O/c1-26-14-17(11-24-26)19-12-23-13-20(19)21(27)25-18-4-2-15(3-5-18)10-16-6-8-22-9-7-16/h2-9,11,14,19-20,23H,10,12-13H2,1H3,(H,25,27)/t19-,20+/m1/s1. The van der Waals surface area contributed by atoms with Crippen LogP contribution in [0.25, 0.3) is 0 Å². The summed E-state index contributed by atoms with van der Waals surface area (Å²) in [5.41, 5.74) is 4.36. The largest absolute Gasteiger partial charge is 0.326 e. The number of benzene rings is 1. The molecule has 2 aromatic heterocycles. The third kappa shape index (κ3) is 4.06. The molecule has 1 aliphatic rings. The summed E-state index contributed by atoms with van der Waals surface area (Å²) in [6, 6.07) is 12.1. The molecule has 3 heterocycles. The van der Waals surface area contributed by atoms with E-state index in [0.29, 0.717) is 6.54 Å². The molecule has 0 unspecified atom stereocenters. The van der Waals surface area contributed by atoms with Gasteiger partial charge in [0.15, 0.2) is 0 Å². The number of nitrogens with one attached hydrogen (secondary N) is 2. The van der Waals surface area contributed by atoms with Crippen LogP contribution in [0.4, 0.5) is 5.69 Å². The zero-order valence-electron chi connectivity index (χ0n) is 15.3. The first-order valence-corrected chi connectivity index (χ1v) is 9.17. The lowest BCUT2D eigenvalue weighted by molar-refractivity contribution is -0.119. The fourth-order valence-corrected chi connectivity index (χ4v) is 3.61. The van der Waals surface area contributed by atoms with Gasteiger partial charge in [0.2, 0.25) is 5.91 Å². The van der Waals surface area contributed by atoms with E-state index < -0.39 is 0 Å². The van der Waals surface area contributed by atoms with Gasteiger partial charge < -0.3 is 10.6 Å². The maximum absolute atomic E-state index is 12.8. The molecule has 0 aliphatic carbocycles. The van der Waals surface area contributed by atoms with E-state index >= 15 is 0 Å². The van der Waals surface area contributed by atoms with Crippen molar-refractivity contribution in [2.75, 3.05) is 18.4 Å². The lowest BCUT2D eigenvalue weighted by atomic mass is 9.90. The highest BCUT2D eigenvalue weighted by atomic mass is 16.1. The number of aryl methyl sites for hydroxylation is 1. The van der Waals surface area contributed by atoms with Gasteiger partial charge in [-0.2, -0.15) is 5.10 Å². The molecule has 6 nitrogen and oxygen atoms in total. The minimum atomic E-state index is -0.0919. The van der Waals surface area contributed by atoms with E-state index in [4.69, 9.17) is 0 Å². The fraction of sp³-hybridized carbons (Fsp3) is 0.286. The molecule has 0 saturated carbocycles. The van der Waals surface area contributed by atoms with Crippen LogP contribution in [0.15, 0.2) is 61.2 Å². The average molecular weight is 361 g/mol. The van der Waals surface area contributed by atoms with Gasteiger partial charge in [-0.25, -0.2) is 0 Å². The highest BCUT2D eigenvalue weighted by Gasteiger charge is 2.34. The summed E-state index contributed by atoms with van der Waals surface area (Å²) >= 11 is 0. The molecule has 0 radical (unpaired) electrons. The minimum Gasteiger partial charge on any atom is -0.326 e. The molecule has 3 aromatic rings. The van der Waals surface area contributed by atoms with Gasteiger partial charge in [-0.05, 0) is 47.4 Å². The van der Waals surface area contributed by atoms with Crippen LogP contribution in [0, 0.1) is 5.92 Å². The van der Waals surface area contributed by atoms with Crippen molar-refractivity contribution in [1.29, 1.82) is 0 Å². The van der Waals surface area contributed by atoms with Crippen LogP contribution in [0.1, 0.15) is 22.6 Å². The summed E-state index contributed by atoms with van der Waals surface area (Å²) in [5.74, 6) is 0.117. The Balaban J connectivity index is 1.40. The topological polar surface area (TPSA) is 71.8 Å². The molecule has 138 valence electrons.